The molecule has 0 spiro atoms. The van der Waals surface area contributed by atoms with Crippen molar-refractivity contribution in [1.29, 1.82) is 0 Å². The lowest BCUT2D eigenvalue weighted by molar-refractivity contribution is -0.109. The zero-order valence-corrected chi connectivity index (χ0v) is 7.79. The summed E-state index contributed by atoms with van der Waals surface area (Å²) in [6.07, 6.45) is 1.45. The van der Waals surface area contributed by atoms with Gasteiger partial charge in [0.25, 0.3) is 0 Å². The smallest absolute Gasteiger partial charge is 0.138 e. The number of aldehydes is 1. The van der Waals surface area contributed by atoms with E-state index in [1.807, 2.05) is 30.3 Å². The number of benzene rings is 1. The van der Waals surface area contributed by atoms with Crippen molar-refractivity contribution in [1.82, 2.24) is 10.4 Å². The van der Waals surface area contributed by atoms with Gasteiger partial charge < -0.3 is 4.79 Å². The third-order valence-corrected chi connectivity index (χ3v) is 1.81. The van der Waals surface area contributed by atoms with Gasteiger partial charge in [0, 0.05) is 0 Å². The largest absolute Gasteiger partial charge is 0.302 e. The summed E-state index contributed by atoms with van der Waals surface area (Å²) in [4.78, 5) is 12.8. The van der Waals surface area contributed by atoms with Crippen molar-refractivity contribution in [3.05, 3.63) is 35.9 Å². The Balaban J connectivity index is 2.51. The predicted octanol–water partition coefficient (Wildman–Crippen LogP) is 1.04. The van der Waals surface area contributed by atoms with Gasteiger partial charge in [-0.2, -0.15) is 4.94 Å². The minimum absolute atomic E-state index is 0.292. The topological polar surface area (TPSA) is 41.1 Å². The number of hydrogen-bond acceptors (Lipinski definition) is 3. The lowest BCUT2D eigenvalue weighted by Crippen LogP contribution is -2.38. The molecule has 0 heterocycles. The predicted molar refractivity (Wildman–Crippen MR) is 52.1 cm³/mol. The van der Waals surface area contributed by atoms with E-state index in [0.717, 1.165) is 11.8 Å². The normalized spacial score (nSPS) is 12.4. The van der Waals surface area contributed by atoms with Crippen LogP contribution in [0.3, 0.4) is 0 Å². The molecular formula is C9H11ClN2O. The average Bonchev–Trinajstić information content (AvgIpc) is 2.19. The summed E-state index contributed by atoms with van der Waals surface area (Å²) in [7, 11) is 0. The molecule has 0 aliphatic carbocycles. The van der Waals surface area contributed by atoms with Crippen LogP contribution in [0.2, 0.25) is 0 Å². The number of hydrazine groups is 1. The molecule has 0 aliphatic heterocycles. The Morgan fingerprint density at radius 3 is 2.62 bits per heavy atom. The van der Waals surface area contributed by atoms with E-state index >= 15 is 0 Å². The number of nitrogens with one attached hydrogen (secondary N) is 2. The summed E-state index contributed by atoms with van der Waals surface area (Å²) in [6, 6.07) is 9.45. The van der Waals surface area contributed by atoms with Crippen molar-refractivity contribution in [3.63, 3.8) is 0 Å². The number of carbonyl (C=O) groups excluding carboxylic acids is 1. The number of hydrogen-bond donors (Lipinski definition) is 2. The summed E-state index contributed by atoms with van der Waals surface area (Å²) >= 11 is 5.22. The second-order valence-corrected chi connectivity index (χ2v) is 2.86. The van der Waals surface area contributed by atoms with Crippen molar-refractivity contribution >= 4 is 18.1 Å². The zero-order valence-electron chi connectivity index (χ0n) is 7.03. The Morgan fingerprint density at radius 2 is 2.08 bits per heavy atom. The maximum atomic E-state index is 10.5. The van der Waals surface area contributed by atoms with Crippen molar-refractivity contribution < 1.29 is 4.79 Å². The average molecular weight is 199 g/mol. The van der Waals surface area contributed by atoms with Crippen LogP contribution in [0.25, 0.3) is 0 Å². The molecule has 0 amide bonds. The molecule has 0 saturated carbocycles. The molecule has 2 N–H and O–H groups in total. The monoisotopic (exact) mass is 198 g/mol. The highest BCUT2D eigenvalue weighted by Crippen LogP contribution is 2.01. The van der Waals surface area contributed by atoms with Gasteiger partial charge >= 0.3 is 0 Å². The molecule has 4 heteroatoms. The van der Waals surface area contributed by atoms with E-state index in [9.17, 15) is 4.79 Å². The molecule has 0 aliphatic rings. The maximum Gasteiger partial charge on any atom is 0.138 e. The van der Waals surface area contributed by atoms with Crippen LogP contribution in [0.15, 0.2) is 30.3 Å². The highest BCUT2D eigenvalue weighted by molar-refractivity contribution is 6.13. The Hall–Kier alpha value is -0.900. The highest BCUT2D eigenvalue weighted by Gasteiger charge is 2.05. The van der Waals surface area contributed by atoms with E-state index < -0.39 is 0 Å². The minimum atomic E-state index is -0.292. The molecular weight excluding hydrogens is 188 g/mol. The first-order chi connectivity index (χ1) is 6.36. The molecule has 13 heavy (non-hydrogen) atoms. The molecule has 3 nitrogen and oxygen atoms in total. The van der Waals surface area contributed by atoms with Crippen molar-refractivity contribution in [3.8, 4) is 0 Å². The number of carbonyl (C=O) groups is 1. The first-order valence-corrected chi connectivity index (χ1v) is 4.35. The van der Waals surface area contributed by atoms with Crippen LogP contribution in [0, 0.1) is 0 Å². The van der Waals surface area contributed by atoms with Crippen LogP contribution < -0.4 is 10.4 Å². The first-order valence-electron chi connectivity index (χ1n) is 3.97. The summed E-state index contributed by atoms with van der Waals surface area (Å²) in [5, 5.41) is 0. The number of halogens is 1. The van der Waals surface area contributed by atoms with Crippen LogP contribution in [0.1, 0.15) is 5.56 Å². The fourth-order valence-electron chi connectivity index (χ4n) is 1.07. The lowest BCUT2D eigenvalue weighted by atomic mass is 10.1. The van der Waals surface area contributed by atoms with Gasteiger partial charge in [0.1, 0.15) is 6.29 Å². The molecule has 0 aromatic heterocycles. The molecule has 70 valence electrons. The van der Waals surface area contributed by atoms with E-state index in [4.69, 9.17) is 11.8 Å². The molecule has 1 rings (SSSR count). The van der Waals surface area contributed by atoms with Crippen LogP contribution in [0.4, 0.5) is 0 Å². The van der Waals surface area contributed by atoms with Crippen LogP contribution in [-0.2, 0) is 11.2 Å². The van der Waals surface area contributed by atoms with E-state index in [1.165, 1.54) is 0 Å². The molecule has 1 aromatic rings. The summed E-state index contributed by atoms with van der Waals surface area (Å²) in [5.74, 6) is 0. The van der Waals surface area contributed by atoms with Crippen LogP contribution in [0.5, 0.6) is 0 Å². The van der Waals surface area contributed by atoms with Crippen molar-refractivity contribution in [2.24, 2.45) is 0 Å². The van der Waals surface area contributed by atoms with Gasteiger partial charge in [-0.15, -0.1) is 0 Å². The molecule has 0 bridgehead atoms. The zero-order chi connectivity index (χ0) is 9.52. The Bertz CT molecular complexity index is 253. The van der Waals surface area contributed by atoms with Crippen LogP contribution in [-0.4, -0.2) is 12.3 Å². The van der Waals surface area contributed by atoms with Gasteiger partial charge in [-0.05, 0) is 23.8 Å². The van der Waals surface area contributed by atoms with Crippen LogP contribution >= 0.6 is 11.8 Å². The van der Waals surface area contributed by atoms with Gasteiger partial charge in [-0.25, -0.2) is 5.43 Å². The maximum absolute atomic E-state index is 10.5. The van der Waals surface area contributed by atoms with Gasteiger partial charge in [-0.1, -0.05) is 30.3 Å². The highest BCUT2D eigenvalue weighted by atomic mass is 35.5. The Morgan fingerprint density at radius 1 is 1.38 bits per heavy atom. The lowest BCUT2D eigenvalue weighted by Gasteiger charge is -2.09. The van der Waals surface area contributed by atoms with Gasteiger partial charge in [-0.3, -0.25) is 0 Å². The number of rotatable bonds is 5. The molecule has 0 fully saturated rings. The molecule has 0 unspecified atom stereocenters. The summed E-state index contributed by atoms with van der Waals surface area (Å²) in [6.45, 7) is 0. The van der Waals surface area contributed by atoms with Crippen molar-refractivity contribution in [2.75, 3.05) is 0 Å². The van der Waals surface area contributed by atoms with Gasteiger partial charge in [0.05, 0.1) is 6.04 Å². The SMILES string of the molecule is O=C[C@H](Cc1ccccc1)NNCl. The van der Waals surface area contributed by atoms with E-state index in [-0.39, 0.29) is 6.04 Å². The second kappa shape index (κ2) is 5.70. The quantitative estimate of drug-likeness (QED) is 0.422. The third-order valence-electron chi connectivity index (χ3n) is 1.70. The third kappa shape index (κ3) is 3.55. The van der Waals surface area contributed by atoms with E-state index in [2.05, 4.69) is 10.4 Å². The standard InChI is InChI=1S/C9H11ClN2O/c10-12-11-9(7-13)6-8-4-2-1-3-5-8/h1-5,7,9,11-12H,6H2/t9-/m0/s1. The first kappa shape index (κ1) is 10.2. The Kier molecular flexibility index (Phi) is 4.46. The molecule has 0 saturated heterocycles. The summed E-state index contributed by atoms with van der Waals surface area (Å²) in [5.41, 5.74) is 3.72. The fraction of sp³-hybridized carbons (Fsp3) is 0.222. The molecule has 0 radical (unpaired) electrons. The van der Waals surface area contributed by atoms with E-state index in [0.29, 0.717) is 6.42 Å². The summed E-state index contributed by atoms with van der Waals surface area (Å²) < 4.78 is 0. The van der Waals surface area contributed by atoms with Gasteiger partial charge in [0.2, 0.25) is 0 Å². The second-order valence-electron chi connectivity index (χ2n) is 2.67. The minimum Gasteiger partial charge on any atom is -0.302 e. The van der Waals surface area contributed by atoms with E-state index in [1.54, 1.807) is 0 Å². The Labute approximate surface area is 82.2 Å². The molecule has 1 atom stereocenters. The van der Waals surface area contributed by atoms with Gasteiger partial charge in [0.15, 0.2) is 0 Å². The molecule has 1 aromatic carbocycles. The van der Waals surface area contributed by atoms with Crippen molar-refractivity contribution in [2.45, 2.75) is 12.5 Å². The fourth-order valence-corrected chi connectivity index (χ4v) is 1.21.